The molecule has 1 N–H and O–H groups in total. The Balaban J connectivity index is 1.43. The number of halogens is 1. The Morgan fingerprint density at radius 3 is 2.87 bits per heavy atom. The third kappa shape index (κ3) is 4.53. The van der Waals surface area contributed by atoms with Gasteiger partial charge in [-0.05, 0) is 25.1 Å². The number of hydrogen-bond donors (Lipinski definition) is 1. The summed E-state index contributed by atoms with van der Waals surface area (Å²) in [4.78, 5) is 33.2. The lowest BCUT2D eigenvalue weighted by molar-refractivity contribution is -0.118. The van der Waals surface area contributed by atoms with Crippen LogP contribution in [0, 0.1) is 11.7 Å². The largest absolute Gasteiger partial charge is 0.323 e. The lowest BCUT2D eigenvalue weighted by Gasteiger charge is -2.20. The molecule has 2 aliphatic rings. The highest BCUT2D eigenvalue weighted by molar-refractivity contribution is 8.00. The molecule has 2 heterocycles. The van der Waals surface area contributed by atoms with Gasteiger partial charge in [-0.1, -0.05) is 42.1 Å². The number of amidine groups is 1. The average molecular weight is 438 g/mol. The van der Waals surface area contributed by atoms with Gasteiger partial charge >= 0.3 is 0 Å². The van der Waals surface area contributed by atoms with Crippen molar-refractivity contribution < 1.29 is 14.0 Å². The Bertz CT molecular complexity index is 1170. The Morgan fingerprint density at radius 1 is 1.26 bits per heavy atom. The zero-order valence-electron chi connectivity index (χ0n) is 16.8. The van der Waals surface area contributed by atoms with Crippen molar-refractivity contribution >= 4 is 40.8 Å². The van der Waals surface area contributed by atoms with Gasteiger partial charge in [0, 0.05) is 7.05 Å². The first-order chi connectivity index (χ1) is 14.9. The van der Waals surface area contributed by atoms with Crippen molar-refractivity contribution in [1.82, 2.24) is 14.8 Å². The lowest BCUT2D eigenvalue weighted by atomic mass is 9.96. The van der Waals surface area contributed by atoms with Gasteiger partial charge in [0.25, 0.3) is 5.91 Å². The number of carbonyl (C=O) groups excluding carboxylic acids is 2. The SMILES string of the molecule is CC(Sc1nnc(CC(=O)Nc2ccccc2F)n1C)C1=NC(=O)C2C=CC=CC2=N1. The van der Waals surface area contributed by atoms with E-state index in [1.807, 2.05) is 25.2 Å². The van der Waals surface area contributed by atoms with Crippen LogP contribution < -0.4 is 5.32 Å². The number of nitrogens with one attached hydrogen (secondary N) is 1. The van der Waals surface area contributed by atoms with Crippen LogP contribution >= 0.6 is 11.8 Å². The van der Waals surface area contributed by atoms with Gasteiger partial charge < -0.3 is 9.88 Å². The zero-order valence-corrected chi connectivity index (χ0v) is 17.6. The summed E-state index contributed by atoms with van der Waals surface area (Å²) in [6.07, 6.45) is 7.17. The van der Waals surface area contributed by atoms with Crippen molar-refractivity contribution in [2.75, 3.05) is 5.32 Å². The van der Waals surface area contributed by atoms with E-state index in [0.29, 0.717) is 22.5 Å². The van der Waals surface area contributed by atoms with Gasteiger partial charge in [-0.2, -0.15) is 4.99 Å². The molecular weight excluding hydrogens is 419 g/mol. The number of benzene rings is 1. The van der Waals surface area contributed by atoms with Crippen LogP contribution in [0.2, 0.25) is 0 Å². The van der Waals surface area contributed by atoms with E-state index in [1.165, 1.54) is 23.9 Å². The van der Waals surface area contributed by atoms with Gasteiger partial charge in [-0.25, -0.2) is 9.38 Å². The number of aromatic nitrogens is 3. The minimum absolute atomic E-state index is 0.0622. The first kappa shape index (κ1) is 20.9. The third-order valence-electron chi connectivity index (χ3n) is 4.77. The monoisotopic (exact) mass is 438 g/mol. The van der Waals surface area contributed by atoms with Crippen molar-refractivity contribution in [2.45, 2.75) is 23.8 Å². The average Bonchev–Trinajstić information content (AvgIpc) is 3.09. The molecule has 1 aromatic carbocycles. The van der Waals surface area contributed by atoms with Gasteiger partial charge in [0.05, 0.1) is 23.1 Å². The van der Waals surface area contributed by atoms with Crippen molar-refractivity contribution in [2.24, 2.45) is 23.0 Å². The Morgan fingerprint density at radius 2 is 2.06 bits per heavy atom. The first-order valence-electron chi connectivity index (χ1n) is 9.57. The Labute approximate surface area is 182 Å². The molecule has 31 heavy (non-hydrogen) atoms. The highest BCUT2D eigenvalue weighted by Crippen LogP contribution is 2.26. The summed E-state index contributed by atoms with van der Waals surface area (Å²) >= 11 is 1.34. The molecular formula is C21H19FN6O2S. The summed E-state index contributed by atoms with van der Waals surface area (Å²) in [6, 6.07) is 5.95. The normalized spacial score (nSPS) is 18.3. The van der Waals surface area contributed by atoms with Gasteiger partial charge in [-0.3, -0.25) is 9.59 Å². The van der Waals surface area contributed by atoms with Crippen LogP contribution in [0.3, 0.4) is 0 Å². The number of hydrogen-bond acceptors (Lipinski definition) is 6. The minimum atomic E-state index is -0.506. The first-order valence-corrected chi connectivity index (χ1v) is 10.5. The molecule has 2 aromatic rings. The number of nitrogens with zero attached hydrogens (tertiary/aromatic N) is 5. The van der Waals surface area contributed by atoms with Crippen LogP contribution in [-0.4, -0.2) is 43.4 Å². The molecule has 1 aromatic heterocycles. The summed E-state index contributed by atoms with van der Waals surface area (Å²) in [6.45, 7) is 1.88. The van der Waals surface area contributed by atoms with E-state index in [-0.39, 0.29) is 23.3 Å². The summed E-state index contributed by atoms with van der Waals surface area (Å²) in [5.41, 5.74) is 0.787. The maximum atomic E-state index is 13.7. The molecule has 8 nitrogen and oxygen atoms in total. The molecule has 2 amide bonds. The molecule has 0 fully saturated rings. The maximum Gasteiger partial charge on any atom is 0.260 e. The highest BCUT2D eigenvalue weighted by atomic mass is 32.2. The van der Waals surface area contributed by atoms with Crippen molar-refractivity contribution in [3.63, 3.8) is 0 Å². The molecule has 158 valence electrons. The fourth-order valence-electron chi connectivity index (χ4n) is 3.08. The second-order valence-electron chi connectivity index (χ2n) is 6.99. The molecule has 2 atom stereocenters. The highest BCUT2D eigenvalue weighted by Gasteiger charge is 2.29. The standard InChI is InChI=1S/C21H19FN6O2S/c1-12(19-24-15-9-5-3-7-13(15)20(30)25-19)31-21-27-26-17(28(21)2)11-18(29)23-16-10-6-4-8-14(16)22/h3-10,12-13H,11H2,1-2H3,(H,23,29). The van der Waals surface area contributed by atoms with Crippen LogP contribution in [-0.2, 0) is 23.1 Å². The number of fused-ring (bicyclic) bond motifs is 1. The predicted octanol–water partition coefficient (Wildman–Crippen LogP) is 2.74. The molecule has 10 heteroatoms. The van der Waals surface area contributed by atoms with E-state index in [0.717, 1.165) is 0 Å². The predicted molar refractivity (Wildman–Crippen MR) is 117 cm³/mol. The Kier molecular flexibility index (Phi) is 5.90. The quantitative estimate of drug-likeness (QED) is 0.699. The van der Waals surface area contributed by atoms with E-state index in [4.69, 9.17) is 0 Å². The van der Waals surface area contributed by atoms with Crippen LogP contribution in [0.5, 0.6) is 0 Å². The van der Waals surface area contributed by atoms with Crippen molar-refractivity contribution in [3.8, 4) is 0 Å². The summed E-state index contributed by atoms with van der Waals surface area (Å²) < 4.78 is 15.4. The van der Waals surface area contributed by atoms with E-state index in [9.17, 15) is 14.0 Å². The molecule has 0 bridgehead atoms. The van der Waals surface area contributed by atoms with Crippen LogP contribution in [0.1, 0.15) is 12.7 Å². The van der Waals surface area contributed by atoms with Gasteiger partial charge in [0.2, 0.25) is 5.91 Å². The van der Waals surface area contributed by atoms with E-state index in [2.05, 4.69) is 25.5 Å². The molecule has 0 saturated heterocycles. The number of rotatable bonds is 6. The van der Waals surface area contributed by atoms with Crippen molar-refractivity contribution in [3.05, 3.63) is 60.2 Å². The van der Waals surface area contributed by atoms with E-state index < -0.39 is 17.6 Å². The van der Waals surface area contributed by atoms with E-state index >= 15 is 0 Å². The third-order valence-corrected chi connectivity index (χ3v) is 5.90. The van der Waals surface area contributed by atoms with Gasteiger partial charge in [0.1, 0.15) is 23.4 Å². The number of anilines is 1. The molecule has 0 radical (unpaired) electrons. The number of amides is 2. The summed E-state index contributed by atoms with van der Waals surface area (Å²) in [7, 11) is 1.74. The van der Waals surface area contributed by atoms with Crippen molar-refractivity contribution in [1.29, 1.82) is 0 Å². The molecule has 0 spiro atoms. The van der Waals surface area contributed by atoms with Gasteiger partial charge in [0.15, 0.2) is 5.16 Å². The van der Waals surface area contributed by atoms with Crippen LogP contribution in [0.4, 0.5) is 10.1 Å². The number of allylic oxidation sites excluding steroid dienone is 3. The fraction of sp³-hybridized carbons (Fsp3) is 0.238. The fourth-order valence-corrected chi connectivity index (χ4v) is 3.96. The number of carbonyl (C=O) groups is 2. The van der Waals surface area contributed by atoms with Crippen LogP contribution in [0.25, 0.3) is 0 Å². The molecule has 0 saturated carbocycles. The molecule has 4 rings (SSSR count). The topological polar surface area (TPSA) is 102 Å². The maximum absolute atomic E-state index is 13.7. The smallest absolute Gasteiger partial charge is 0.260 e. The number of thioether (sulfide) groups is 1. The number of aliphatic imine (C=N–C) groups is 2. The van der Waals surface area contributed by atoms with E-state index in [1.54, 1.807) is 29.8 Å². The van der Waals surface area contributed by atoms with Crippen LogP contribution in [0.15, 0.2) is 63.7 Å². The Hall–Kier alpha value is -3.40. The second kappa shape index (κ2) is 8.76. The molecule has 1 aliphatic heterocycles. The molecule has 2 unspecified atom stereocenters. The number of para-hydroxylation sites is 1. The lowest BCUT2D eigenvalue weighted by Crippen LogP contribution is -2.30. The minimum Gasteiger partial charge on any atom is -0.323 e. The molecule has 1 aliphatic carbocycles. The van der Waals surface area contributed by atoms with Gasteiger partial charge in [-0.15, -0.1) is 10.2 Å². The zero-order chi connectivity index (χ0) is 22.0. The summed E-state index contributed by atoms with van der Waals surface area (Å²) in [5.74, 6) is -0.715. The second-order valence-corrected chi connectivity index (χ2v) is 8.30. The summed E-state index contributed by atoms with van der Waals surface area (Å²) in [5, 5.41) is 11.0.